The number of ketones is 2. The molecule has 29 N–H and O–H groups in total. The van der Waals surface area contributed by atoms with Crippen LogP contribution in [-0.2, 0) is 71.9 Å². The Labute approximate surface area is 710 Å². The first-order valence-electron chi connectivity index (χ1n) is 43.0. The summed E-state index contributed by atoms with van der Waals surface area (Å²) in [6.07, 6.45) is 3.73. The fourth-order valence-corrected chi connectivity index (χ4v) is 11.9. The van der Waals surface area contributed by atoms with Gasteiger partial charge in [-0.1, -0.05) is 0 Å². The number of rotatable bonds is 82. The van der Waals surface area contributed by atoms with E-state index in [4.69, 9.17) is 45.9 Å². The number of nitrogens with one attached hydrogen (secondary N) is 13. The Hall–Kier alpha value is -8.15. The molecule has 0 saturated carbocycles. The van der Waals surface area contributed by atoms with Gasteiger partial charge >= 0.3 is 0 Å². The summed E-state index contributed by atoms with van der Waals surface area (Å²) >= 11 is 0. The van der Waals surface area contributed by atoms with E-state index in [1.165, 1.54) is 6.92 Å². The highest BCUT2D eigenvalue weighted by Crippen LogP contribution is 2.06. The molecule has 43 heteroatoms. The minimum absolute atomic E-state index is 0.0132. The monoisotopic (exact) mass is 1710 g/mol. The second-order valence-electron chi connectivity index (χ2n) is 29.1. The zero-order valence-electron chi connectivity index (χ0n) is 72.0. The quantitative estimate of drug-likeness (QED) is 0.0251. The Balaban J connectivity index is 6.34. The first-order chi connectivity index (χ1) is 57.8. The van der Waals surface area contributed by atoms with E-state index in [9.17, 15) is 71.9 Å². The summed E-state index contributed by atoms with van der Waals surface area (Å²) < 4.78 is 0. The molecule has 0 heterocycles. The zero-order valence-corrected chi connectivity index (χ0v) is 72.0. The summed E-state index contributed by atoms with van der Waals surface area (Å²) in [5.41, 5.74) is 44.5. The van der Waals surface area contributed by atoms with Crippen LogP contribution in [0, 0.1) is 0 Å². The van der Waals surface area contributed by atoms with Crippen molar-refractivity contribution in [2.24, 2.45) is 45.9 Å². The van der Waals surface area contributed by atoms with E-state index >= 15 is 0 Å². The predicted molar refractivity (Wildman–Crippen MR) is 460 cm³/mol. The maximum Gasteiger partial charge on any atom is 0.221 e. The van der Waals surface area contributed by atoms with Crippen LogP contribution in [0.15, 0.2) is 0 Å². The number of carbonyl (C=O) groups excluding carboxylic acids is 15. The second-order valence-corrected chi connectivity index (χ2v) is 29.1. The highest BCUT2D eigenvalue weighted by Gasteiger charge is 2.21. The average Bonchev–Trinajstić information content (AvgIpc) is 1.32. The fourth-order valence-electron chi connectivity index (χ4n) is 11.9. The predicted octanol–water partition coefficient (Wildman–Crippen LogP) is -10.1. The smallest absolute Gasteiger partial charge is 0.221 e. The molecule has 0 spiro atoms. The van der Waals surface area contributed by atoms with Crippen molar-refractivity contribution >= 4 is 88.4 Å². The normalized spacial score (nSPS) is 11.3. The van der Waals surface area contributed by atoms with Gasteiger partial charge in [-0.3, -0.25) is 67.1 Å². The van der Waals surface area contributed by atoms with Crippen LogP contribution in [-0.4, -0.2) is 398 Å². The molecule has 0 radical (unpaired) electrons. The molecular weight excluding hydrogens is 1560 g/mol. The minimum atomic E-state index is -0.298. The molecule has 0 unspecified atom stereocenters. The lowest BCUT2D eigenvalue weighted by Crippen LogP contribution is -2.42. The molecule has 120 heavy (non-hydrogen) atoms. The molecule has 0 rings (SSSR count). The number of hydrogen-bond acceptors (Lipinski definition) is 30. The van der Waals surface area contributed by atoms with Gasteiger partial charge in [0.25, 0.3) is 0 Å². The Bertz CT molecular complexity index is 2640. The zero-order chi connectivity index (χ0) is 89.0. The van der Waals surface area contributed by atoms with Crippen molar-refractivity contribution in [3.8, 4) is 0 Å². The largest absolute Gasteiger partial charge is 0.356 e. The van der Waals surface area contributed by atoms with Gasteiger partial charge in [0.05, 0.1) is 0 Å². The van der Waals surface area contributed by atoms with Gasteiger partial charge in [-0.2, -0.15) is 0 Å². The van der Waals surface area contributed by atoms with Crippen LogP contribution in [0.4, 0.5) is 0 Å². The molecule has 692 valence electrons. The molecule has 0 aromatic carbocycles. The van der Waals surface area contributed by atoms with Crippen LogP contribution in [0.25, 0.3) is 0 Å². The molecule has 0 aliphatic carbocycles. The summed E-state index contributed by atoms with van der Waals surface area (Å²) in [4.78, 5) is 206. The van der Waals surface area contributed by atoms with Crippen molar-refractivity contribution in [1.29, 1.82) is 0 Å². The Kier molecular flexibility index (Phi) is 71.7. The number of nitrogens with zero attached hydrogens (tertiary/aromatic N) is 7. The molecule has 0 fully saturated rings. The summed E-state index contributed by atoms with van der Waals surface area (Å²) in [5.74, 6) is -3.04. The molecule has 0 aromatic heterocycles. The molecule has 0 atom stereocenters. The number of amides is 13. The van der Waals surface area contributed by atoms with E-state index in [0.717, 1.165) is 0 Å². The maximum atomic E-state index is 13.6. The summed E-state index contributed by atoms with van der Waals surface area (Å²) in [6.45, 7) is 13.9. The maximum absolute atomic E-state index is 13.6. The van der Waals surface area contributed by atoms with Gasteiger partial charge in [0.2, 0.25) is 76.8 Å². The summed E-state index contributed by atoms with van der Waals surface area (Å²) in [5, 5.41) is 36.8. The van der Waals surface area contributed by atoms with Crippen molar-refractivity contribution in [3.05, 3.63) is 0 Å². The number of hydrogen-bond donors (Lipinski definition) is 21. The van der Waals surface area contributed by atoms with Gasteiger partial charge in [-0.25, -0.2) is 0 Å². The van der Waals surface area contributed by atoms with Gasteiger partial charge in [0.1, 0.15) is 11.6 Å². The van der Waals surface area contributed by atoms with Gasteiger partial charge in [-0.15, -0.1) is 0 Å². The van der Waals surface area contributed by atoms with Crippen molar-refractivity contribution < 1.29 is 71.9 Å². The number of nitrogens with two attached hydrogens (primary N) is 8. The van der Waals surface area contributed by atoms with Crippen LogP contribution in [0.1, 0.15) is 129 Å². The molecule has 0 saturated heterocycles. The third-order valence-electron chi connectivity index (χ3n) is 18.9. The molecule has 0 aromatic rings. The highest BCUT2D eigenvalue weighted by atomic mass is 16.2. The van der Waals surface area contributed by atoms with Crippen molar-refractivity contribution in [2.45, 2.75) is 129 Å². The number of Topliss-reactive ketones (excluding diaryl/α,β-unsaturated/α-hetero) is 2. The lowest BCUT2D eigenvalue weighted by atomic mass is 10.1. The highest BCUT2D eigenvalue weighted by molar-refractivity contribution is 5.82. The van der Waals surface area contributed by atoms with Gasteiger partial charge < -0.3 is 154 Å². The summed E-state index contributed by atoms with van der Waals surface area (Å²) in [7, 11) is 0. The first-order valence-corrected chi connectivity index (χ1v) is 43.0. The lowest BCUT2D eigenvalue weighted by Gasteiger charge is -2.24. The Morgan fingerprint density at radius 1 is 0.167 bits per heavy atom. The van der Waals surface area contributed by atoms with Crippen molar-refractivity contribution in [2.75, 3.05) is 275 Å². The van der Waals surface area contributed by atoms with E-state index in [0.29, 0.717) is 176 Å². The van der Waals surface area contributed by atoms with E-state index < -0.39 is 0 Å². The standard InChI is InChI=1S/C77H154N28O15/c1-63(106)5-3-42-99(46-9-73(116)95-40-62-105(56-19-76(119)94-37-58-101(44-7-64(107)6-2-21-78)49-12-66(109)87-30-22-79)57-20-77(120)98-41-61-104(54-17-71(114)92-35-27-84)55-18-72(115)93-36-28-85)45-8-65(108)86-29-4-43-100(47-10-74(117)96-38-59-102(50-13-67(110)88-31-23-80)51-14-68(111)89-32-24-81)48-11-75(118)97-39-60-103(52-15-69(112)90-33-25-82)53-16-70(113)91-34-26-83/h2-62,78-85H2,1H3,(H,86,108)(H,87,109)(H,88,110)(H,89,111)(H,90,112)(H,91,113)(H,92,114)(H,93,115)(H,94,119)(H,95,116)(H,96,117)(H,97,118)(H,98,120). The third kappa shape index (κ3) is 69.5. The Morgan fingerprint density at radius 2 is 0.333 bits per heavy atom. The van der Waals surface area contributed by atoms with Crippen LogP contribution in [0.2, 0.25) is 0 Å². The van der Waals surface area contributed by atoms with Crippen LogP contribution >= 0.6 is 0 Å². The SMILES string of the molecule is CC(=O)CCCN(CCC(=O)NCCCN(CCC(=O)NCCN(CCC(=O)NCCN)CCC(=O)NCCN)CCC(=O)NCCN(CCC(=O)NCCN)CCC(=O)NCCN)CCC(=O)NCCN(CCC(=O)NCCN(CCC(=O)CCCN)CCC(=O)NCCN)CCC(=O)NCCN(CCC(=O)NCCN)CCC(=O)NCCN. The minimum Gasteiger partial charge on any atom is -0.356 e. The van der Waals surface area contributed by atoms with Gasteiger partial charge in [0, 0.05) is 358 Å². The molecule has 0 bridgehead atoms. The van der Waals surface area contributed by atoms with Gasteiger partial charge in [-0.05, 0) is 45.8 Å². The van der Waals surface area contributed by atoms with E-state index in [-0.39, 0.29) is 309 Å². The molecule has 43 nitrogen and oxygen atoms in total. The van der Waals surface area contributed by atoms with Crippen molar-refractivity contribution in [1.82, 2.24) is 103 Å². The van der Waals surface area contributed by atoms with Crippen LogP contribution in [0.3, 0.4) is 0 Å². The third-order valence-corrected chi connectivity index (χ3v) is 18.9. The average molecular weight is 1710 g/mol. The molecule has 13 amide bonds. The number of carbonyl (C=O) groups is 15. The van der Waals surface area contributed by atoms with E-state index in [1.807, 2.05) is 34.3 Å². The van der Waals surface area contributed by atoms with Crippen molar-refractivity contribution in [3.63, 3.8) is 0 Å². The second kappa shape index (κ2) is 76.9. The van der Waals surface area contributed by atoms with Crippen LogP contribution in [0.5, 0.6) is 0 Å². The topological polar surface area (TPSA) is 643 Å². The lowest BCUT2D eigenvalue weighted by molar-refractivity contribution is -0.123. The van der Waals surface area contributed by atoms with Gasteiger partial charge in [0.15, 0.2) is 0 Å². The first kappa shape index (κ1) is 112. The molecule has 0 aliphatic rings. The summed E-state index contributed by atoms with van der Waals surface area (Å²) in [6, 6.07) is 0. The molecule has 0 aliphatic heterocycles. The van der Waals surface area contributed by atoms with E-state index in [2.05, 4.69) is 69.1 Å². The van der Waals surface area contributed by atoms with Crippen LogP contribution < -0.4 is 115 Å². The Morgan fingerprint density at radius 3 is 0.517 bits per heavy atom. The molecular formula is C77H154N28O15. The van der Waals surface area contributed by atoms with E-state index in [1.54, 1.807) is 0 Å². The fraction of sp³-hybridized carbons (Fsp3) is 0.805.